The molecule has 0 atom stereocenters. The molecule has 10 aromatic rings. The van der Waals surface area contributed by atoms with Gasteiger partial charge in [-0.1, -0.05) is 129 Å². The zero-order valence-electron chi connectivity index (χ0n) is 30.0. The van der Waals surface area contributed by atoms with E-state index in [1.54, 1.807) is 0 Å². The van der Waals surface area contributed by atoms with Crippen molar-refractivity contribution in [3.8, 4) is 33.4 Å². The zero-order valence-corrected chi connectivity index (χ0v) is 30.0. The number of anilines is 3. The second-order valence-corrected chi connectivity index (χ2v) is 14.9. The van der Waals surface area contributed by atoms with Gasteiger partial charge in [0.1, 0.15) is 22.3 Å². The molecule has 0 unspecified atom stereocenters. The van der Waals surface area contributed by atoms with E-state index in [1.807, 2.05) is 24.3 Å². The van der Waals surface area contributed by atoms with Crippen molar-refractivity contribution < 1.29 is 8.83 Å². The van der Waals surface area contributed by atoms with Crippen LogP contribution < -0.4 is 4.90 Å². The maximum absolute atomic E-state index is 6.51. The minimum absolute atomic E-state index is 0.150. The van der Waals surface area contributed by atoms with Gasteiger partial charge in [-0.2, -0.15) is 0 Å². The number of para-hydroxylation sites is 2. The Labute approximate surface area is 313 Å². The summed E-state index contributed by atoms with van der Waals surface area (Å²) < 4.78 is 12.8. The number of fused-ring (bicyclic) bond motifs is 9. The molecule has 2 aromatic heterocycles. The molecule has 1 aliphatic carbocycles. The van der Waals surface area contributed by atoms with E-state index in [-0.39, 0.29) is 5.41 Å². The van der Waals surface area contributed by atoms with Crippen LogP contribution in [0.4, 0.5) is 17.1 Å². The van der Waals surface area contributed by atoms with Gasteiger partial charge in [-0.05, 0) is 93.5 Å². The Morgan fingerprint density at radius 1 is 0.389 bits per heavy atom. The fraction of sp³-hybridized carbons (Fsp3) is 0.0588. The third-order valence-electron chi connectivity index (χ3n) is 11.5. The third-order valence-corrected chi connectivity index (χ3v) is 11.5. The summed E-state index contributed by atoms with van der Waals surface area (Å²) in [4.78, 5) is 2.42. The van der Waals surface area contributed by atoms with Crippen molar-refractivity contribution in [2.45, 2.75) is 19.3 Å². The molecule has 2 heterocycles. The molecule has 0 amide bonds. The standard InChI is InChI=1S/C51H35NO2/c1-51(2)43-19-9-6-15-37(43)38-26-24-34(30-44(38)51)52(35-25-27-41-39-16-7-10-21-46(39)54-49(41)31-35)45-20-12-18-36(50(45)32-13-4-3-5-14-32)33-23-28-48-42(29-33)40-17-8-11-22-47(40)53-48/h3-31H,1-2H3. The number of hydrogen-bond donors (Lipinski definition) is 0. The molecule has 0 fully saturated rings. The highest BCUT2D eigenvalue weighted by atomic mass is 16.3. The lowest BCUT2D eigenvalue weighted by atomic mass is 9.82. The number of furan rings is 2. The fourth-order valence-corrected chi connectivity index (χ4v) is 8.88. The van der Waals surface area contributed by atoms with Gasteiger partial charge in [0.25, 0.3) is 0 Å². The molecule has 0 saturated carbocycles. The van der Waals surface area contributed by atoms with Crippen LogP contribution in [0.15, 0.2) is 185 Å². The summed E-state index contributed by atoms with van der Waals surface area (Å²) in [7, 11) is 0. The lowest BCUT2D eigenvalue weighted by Gasteiger charge is -2.30. The summed E-state index contributed by atoms with van der Waals surface area (Å²) >= 11 is 0. The van der Waals surface area contributed by atoms with Crippen molar-refractivity contribution in [3.63, 3.8) is 0 Å². The molecule has 0 aliphatic heterocycles. The monoisotopic (exact) mass is 693 g/mol. The van der Waals surface area contributed by atoms with Gasteiger partial charge in [0.2, 0.25) is 0 Å². The first-order chi connectivity index (χ1) is 26.5. The Bertz CT molecular complexity index is 3090. The quantitative estimate of drug-likeness (QED) is 0.180. The molecule has 11 rings (SSSR count). The summed E-state index contributed by atoms with van der Waals surface area (Å²) in [5.74, 6) is 0. The second-order valence-electron chi connectivity index (χ2n) is 14.9. The Balaban J connectivity index is 1.18. The van der Waals surface area contributed by atoms with E-state index in [4.69, 9.17) is 8.83 Å². The molecule has 0 spiro atoms. The van der Waals surface area contributed by atoms with Crippen molar-refractivity contribution in [3.05, 3.63) is 187 Å². The van der Waals surface area contributed by atoms with E-state index in [9.17, 15) is 0 Å². The average molecular weight is 694 g/mol. The minimum Gasteiger partial charge on any atom is -0.456 e. The molecule has 0 N–H and O–H groups in total. The first-order valence-electron chi connectivity index (χ1n) is 18.6. The van der Waals surface area contributed by atoms with Crippen LogP contribution >= 0.6 is 0 Å². The highest BCUT2D eigenvalue weighted by Gasteiger charge is 2.36. The van der Waals surface area contributed by atoms with Gasteiger partial charge in [-0.15, -0.1) is 0 Å². The predicted octanol–water partition coefficient (Wildman–Crippen LogP) is 14.6. The predicted molar refractivity (Wildman–Crippen MR) is 224 cm³/mol. The summed E-state index contributed by atoms with van der Waals surface area (Å²) in [6, 6.07) is 63.1. The van der Waals surface area contributed by atoms with Crippen LogP contribution in [0.2, 0.25) is 0 Å². The van der Waals surface area contributed by atoms with Crippen LogP contribution in [0.3, 0.4) is 0 Å². The first-order valence-corrected chi connectivity index (χ1v) is 18.6. The Hall–Kier alpha value is -6.84. The molecule has 3 nitrogen and oxygen atoms in total. The molecule has 0 radical (unpaired) electrons. The maximum atomic E-state index is 6.51. The van der Waals surface area contributed by atoms with Gasteiger partial charge in [-0.25, -0.2) is 0 Å². The number of hydrogen-bond acceptors (Lipinski definition) is 3. The summed E-state index contributed by atoms with van der Waals surface area (Å²) in [6.07, 6.45) is 0. The summed E-state index contributed by atoms with van der Waals surface area (Å²) in [5.41, 5.74) is 16.5. The van der Waals surface area contributed by atoms with Crippen molar-refractivity contribution in [1.82, 2.24) is 0 Å². The Morgan fingerprint density at radius 2 is 1.00 bits per heavy atom. The van der Waals surface area contributed by atoms with E-state index in [1.165, 1.54) is 22.3 Å². The smallest absolute Gasteiger partial charge is 0.137 e. The van der Waals surface area contributed by atoms with Crippen LogP contribution in [-0.2, 0) is 5.41 Å². The molecule has 0 saturated heterocycles. The van der Waals surface area contributed by atoms with Crippen LogP contribution in [0.25, 0.3) is 77.3 Å². The van der Waals surface area contributed by atoms with Gasteiger partial charge in [0, 0.05) is 50.0 Å². The molecule has 3 heteroatoms. The zero-order chi connectivity index (χ0) is 36.0. The molecular weight excluding hydrogens is 659 g/mol. The van der Waals surface area contributed by atoms with Crippen LogP contribution in [0.5, 0.6) is 0 Å². The highest BCUT2D eigenvalue weighted by Crippen LogP contribution is 2.52. The molecule has 1 aliphatic rings. The van der Waals surface area contributed by atoms with E-state index in [0.717, 1.165) is 83.2 Å². The molecule has 8 aromatic carbocycles. The van der Waals surface area contributed by atoms with Crippen molar-refractivity contribution >= 4 is 60.9 Å². The molecular formula is C51H35NO2. The topological polar surface area (TPSA) is 29.5 Å². The van der Waals surface area contributed by atoms with E-state index in [0.29, 0.717) is 0 Å². The lowest BCUT2D eigenvalue weighted by molar-refractivity contribution is 0.660. The SMILES string of the molecule is CC1(C)c2ccccc2-c2ccc(N(c3ccc4c(c3)oc3ccccc34)c3cccc(-c4ccc5oc6ccccc6c5c4)c3-c3ccccc3)cc21. The van der Waals surface area contributed by atoms with Crippen molar-refractivity contribution in [2.75, 3.05) is 4.90 Å². The largest absolute Gasteiger partial charge is 0.456 e. The number of benzene rings is 8. The van der Waals surface area contributed by atoms with Crippen LogP contribution in [-0.4, -0.2) is 0 Å². The van der Waals surface area contributed by atoms with Gasteiger partial charge in [0.05, 0.1) is 5.69 Å². The average Bonchev–Trinajstić information content (AvgIpc) is 3.85. The van der Waals surface area contributed by atoms with Gasteiger partial charge in [-0.3, -0.25) is 0 Å². The van der Waals surface area contributed by atoms with Crippen LogP contribution in [0.1, 0.15) is 25.0 Å². The van der Waals surface area contributed by atoms with Gasteiger partial charge < -0.3 is 13.7 Å². The Kier molecular flexibility index (Phi) is 6.60. The lowest BCUT2D eigenvalue weighted by Crippen LogP contribution is -2.17. The molecule has 256 valence electrons. The van der Waals surface area contributed by atoms with E-state index >= 15 is 0 Å². The summed E-state index contributed by atoms with van der Waals surface area (Å²) in [5, 5.41) is 4.46. The van der Waals surface area contributed by atoms with Crippen molar-refractivity contribution in [1.29, 1.82) is 0 Å². The third kappa shape index (κ3) is 4.55. The number of nitrogens with zero attached hydrogens (tertiary/aromatic N) is 1. The van der Waals surface area contributed by atoms with Crippen LogP contribution in [0, 0.1) is 0 Å². The molecule has 0 bridgehead atoms. The minimum atomic E-state index is -0.150. The van der Waals surface area contributed by atoms with Gasteiger partial charge in [0.15, 0.2) is 0 Å². The van der Waals surface area contributed by atoms with E-state index < -0.39 is 0 Å². The fourth-order valence-electron chi connectivity index (χ4n) is 8.88. The maximum Gasteiger partial charge on any atom is 0.137 e. The number of rotatable bonds is 5. The normalized spacial score (nSPS) is 13.1. The summed E-state index contributed by atoms with van der Waals surface area (Å²) in [6.45, 7) is 4.69. The van der Waals surface area contributed by atoms with E-state index in [2.05, 4.69) is 170 Å². The van der Waals surface area contributed by atoms with Crippen molar-refractivity contribution in [2.24, 2.45) is 0 Å². The Morgan fingerprint density at radius 3 is 1.83 bits per heavy atom. The van der Waals surface area contributed by atoms with Gasteiger partial charge >= 0.3 is 0 Å². The highest BCUT2D eigenvalue weighted by molar-refractivity contribution is 6.09. The first kappa shape index (κ1) is 30.8. The second kappa shape index (κ2) is 11.6. The molecule has 54 heavy (non-hydrogen) atoms.